The minimum absolute atomic E-state index is 0.126. The molecule has 1 unspecified atom stereocenters. The number of aromatic amines is 1. The van der Waals surface area contributed by atoms with Crippen molar-refractivity contribution in [1.82, 2.24) is 10.3 Å². The lowest BCUT2D eigenvalue weighted by Crippen LogP contribution is -2.34. The summed E-state index contributed by atoms with van der Waals surface area (Å²) < 4.78 is 0. The van der Waals surface area contributed by atoms with Crippen LogP contribution < -0.4 is 10.2 Å². The molecule has 1 saturated carbocycles. The first-order chi connectivity index (χ1) is 11.9. The Kier molecular flexibility index (Phi) is 3.97. The fourth-order valence-electron chi connectivity index (χ4n) is 3.48. The van der Waals surface area contributed by atoms with Crippen LogP contribution in [0.25, 0.3) is 0 Å². The molecule has 0 spiro atoms. The molecular formula is C16H15Cl2N3O3S. The van der Waals surface area contributed by atoms with E-state index < -0.39 is 5.97 Å². The lowest BCUT2D eigenvalue weighted by molar-refractivity contribution is 0.0702. The van der Waals surface area contributed by atoms with Crippen LogP contribution in [0.15, 0.2) is 12.1 Å². The SMILES string of the molecule is Cc1[nH]c(C(=O)NC2[C@H]3CN(c4ccc(C(=O)O)s4)C[C@@H]23)c(Cl)c1Cl. The van der Waals surface area contributed by atoms with Crippen molar-refractivity contribution in [2.24, 2.45) is 11.8 Å². The summed E-state index contributed by atoms with van der Waals surface area (Å²) in [5.41, 5.74) is 0.973. The van der Waals surface area contributed by atoms with Gasteiger partial charge in [0.25, 0.3) is 5.91 Å². The molecule has 25 heavy (non-hydrogen) atoms. The highest BCUT2D eigenvalue weighted by molar-refractivity contribution is 7.17. The average molecular weight is 400 g/mol. The quantitative estimate of drug-likeness (QED) is 0.736. The van der Waals surface area contributed by atoms with Crippen molar-refractivity contribution in [3.63, 3.8) is 0 Å². The van der Waals surface area contributed by atoms with Crippen LogP contribution in [0.2, 0.25) is 10.0 Å². The van der Waals surface area contributed by atoms with Gasteiger partial charge in [-0.2, -0.15) is 0 Å². The standard InChI is InChI=1S/C16H15Cl2N3O3S/c1-6-11(17)12(18)14(19-6)15(22)20-13-7-4-21(5-8(7)13)10-3-2-9(25-10)16(23)24/h2-3,7-8,13,19H,4-5H2,1H3,(H,20,22)(H,23,24)/t7-,8+,13?. The number of anilines is 1. The molecule has 4 rings (SSSR count). The van der Waals surface area contributed by atoms with Crippen LogP contribution in [-0.2, 0) is 0 Å². The number of H-pyrrole nitrogens is 1. The van der Waals surface area contributed by atoms with Gasteiger partial charge in [0.1, 0.15) is 10.6 Å². The number of carbonyl (C=O) groups excluding carboxylic acids is 1. The third kappa shape index (κ3) is 2.80. The molecule has 2 aromatic rings. The third-order valence-corrected chi connectivity index (χ3v) is 6.97. The number of aryl methyl sites for hydroxylation is 1. The summed E-state index contributed by atoms with van der Waals surface area (Å²) >= 11 is 13.4. The van der Waals surface area contributed by atoms with Crippen LogP contribution in [0.4, 0.5) is 5.00 Å². The number of thiophene rings is 1. The van der Waals surface area contributed by atoms with Crippen molar-refractivity contribution in [3.05, 3.63) is 38.4 Å². The third-order valence-electron chi connectivity index (χ3n) is 4.89. The highest BCUT2D eigenvalue weighted by atomic mass is 35.5. The highest BCUT2D eigenvalue weighted by Gasteiger charge is 2.56. The van der Waals surface area contributed by atoms with Crippen molar-refractivity contribution in [3.8, 4) is 0 Å². The maximum atomic E-state index is 12.4. The Morgan fingerprint density at radius 1 is 1.28 bits per heavy atom. The fourth-order valence-corrected chi connectivity index (χ4v) is 4.76. The number of aromatic nitrogens is 1. The van der Waals surface area contributed by atoms with Crippen molar-refractivity contribution < 1.29 is 14.7 Å². The van der Waals surface area contributed by atoms with E-state index >= 15 is 0 Å². The first-order valence-electron chi connectivity index (χ1n) is 7.79. The van der Waals surface area contributed by atoms with Gasteiger partial charge in [-0.15, -0.1) is 11.3 Å². The maximum Gasteiger partial charge on any atom is 0.345 e. The normalized spacial score (nSPS) is 24.3. The molecule has 6 nitrogen and oxygen atoms in total. The van der Waals surface area contributed by atoms with Gasteiger partial charge in [-0.1, -0.05) is 23.2 Å². The maximum absolute atomic E-state index is 12.4. The molecule has 3 heterocycles. The van der Waals surface area contributed by atoms with Crippen LogP contribution in [0.5, 0.6) is 0 Å². The smallest absolute Gasteiger partial charge is 0.345 e. The number of carbonyl (C=O) groups is 2. The Bertz CT molecular complexity index is 866. The van der Waals surface area contributed by atoms with Crippen molar-refractivity contribution in [2.45, 2.75) is 13.0 Å². The lowest BCUT2D eigenvalue weighted by atomic mass is 10.3. The predicted octanol–water partition coefficient (Wildman–Crippen LogP) is 3.25. The van der Waals surface area contributed by atoms with Crippen LogP contribution >= 0.6 is 34.5 Å². The Labute approximate surface area is 157 Å². The molecule has 0 aromatic carbocycles. The zero-order valence-corrected chi connectivity index (χ0v) is 15.5. The number of nitrogens with one attached hydrogen (secondary N) is 2. The highest BCUT2D eigenvalue weighted by Crippen LogP contribution is 2.48. The lowest BCUT2D eigenvalue weighted by Gasteiger charge is -2.20. The van der Waals surface area contributed by atoms with Gasteiger partial charge in [0.15, 0.2) is 0 Å². The van der Waals surface area contributed by atoms with Gasteiger partial charge in [0, 0.05) is 36.7 Å². The van der Waals surface area contributed by atoms with E-state index in [1.54, 1.807) is 13.0 Å². The number of carboxylic acids is 1. The molecule has 132 valence electrons. The number of fused-ring (bicyclic) bond motifs is 1. The van der Waals surface area contributed by atoms with Gasteiger partial charge in [-0.05, 0) is 19.1 Å². The summed E-state index contributed by atoms with van der Waals surface area (Å²) in [5, 5.41) is 13.6. The van der Waals surface area contributed by atoms with E-state index in [1.807, 2.05) is 6.07 Å². The zero-order chi connectivity index (χ0) is 17.9. The van der Waals surface area contributed by atoms with Crippen molar-refractivity contribution >= 4 is 51.4 Å². The fraction of sp³-hybridized carbons (Fsp3) is 0.375. The van der Waals surface area contributed by atoms with Gasteiger partial charge in [0.05, 0.1) is 15.0 Å². The molecule has 0 radical (unpaired) electrons. The summed E-state index contributed by atoms with van der Waals surface area (Å²) in [7, 11) is 0. The van der Waals surface area contributed by atoms with Crippen LogP contribution in [-0.4, -0.2) is 41.1 Å². The number of piperidine rings is 1. The first kappa shape index (κ1) is 16.8. The Hall–Kier alpha value is -1.70. The Morgan fingerprint density at radius 3 is 2.48 bits per heavy atom. The van der Waals surface area contributed by atoms with Gasteiger partial charge in [-0.25, -0.2) is 4.79 Å². The second-order valence-corrected chi connectivity index (χ2v) is 8.25. The number of hydrogen-bond acceptors (Lipinski definition) is 4. The molecule has 1 saturated heterocycles. The van der Waals surface area contributed by atoms with Crippen LogP contribution in [0.1, 0.15) is 25.9 Å². The Balaban J connectivity index is 1.37. The largest absolute Gasteiger partial charge is 0.477 e. The number of aromatic carboxylic acids is 1. The molecule has 1 aliphatic carbocycles. The molecule has 1 amide bonds. The molecule has 2 aromatic heterocycles. The minimum Gasteiger partial charge on any atom is -0.477 e. The van der Waals surface area contributed by atoms with Crippen LogP contribution in [0.3, 0.4) is 0 Å². The summed E-state index contributed by atoms with van der Waals surface area (Å²) in [6.45, 7) is 3.39. The van der Waals surface area contributed by atoms with Gasteiger partial charge >= 0.3 is 5.97 Å². The number of hydrogen-bond donors (Lipinski definition) is 3. The van der Waals surface area contributed by atoms with Crippen molar-refractivity contribution in [2.75, 3.05) is 18.0 Å². The molecule has 2 aliphatic rings. The summed E-state index contributed by atoms with van der Waals surface area (Å²) in [6.07, 6.45) is 0. The number of nitrogens with zero attached hydrogens (tertiary/aromatic N) is 1. The summed E-state index contributed by atoms with van der Waals surface area (Å²) in [5.74, 6) is -0.382. The Morgan fingerprint density at radius 2 is 1.96 bits per heavy atom. The number of halogens is 2. The van der Waals surface area contributed by atoms with E-state index in [2.05, 4.69) is 15.2 Å². The van der Waals surface area contributed by atoms with Gasteiger partial charge in [-0.3, -0.25) is 4.79 Å². The van der Waals surface area contributed by atoms with E-state index in [1.165, 1.54) is 11.3 Å². The second kappa shape index (κ2) is 5.93. The van der Waals surface area contributed by atoms with E-state index in [9.17, 15) is 9.59 Å². The molecule has 1 aliphatic heterocycles. The summed E-state index contributed by atoms with van der Waals surface area (Å²) in [4.78, 5) is 28.8. The van der Waals surface area contributed by atoms with E-state index in [0.29, 0.717) is 33.1 Å². The predicted molar refractivity (Wildman–Crippen MR) is 97.3 cm³/mol. The molecule has 3 N–H and O–H groups in total. The molecular weight excluding hydrogens is 385 g/mol. The molecule has 0 bridgehead atoms. The zero-order valence-electron chi connectivity index (χ0n) is 13.2. The molecule has 9 heteroatoms. The topological polar surface area (TPSA) is 85.4 Å². The average Bonchev–Trinajstić information content (AvgIpc) is 3.02. The minimum atomic E-state index is -0.900. The number of rotatable bonds is 4. The van der Waals surface area contributed by atoms with Gasteiger partial charge < -0.3 is 20.3 Å². The second-order valence-electron chi connectivity index (χ2n) is 6.43. The van der Waals surface area contributed by atoms with Crippen LogP contribution in [0, 0.1) is 18.8 Å². The number of amides is 1. The van der Waals surface area contributed by atoms with E-state index in [4.69, 9.17) is 28.3 Å². The van der Waals surface area contributed by atoms with E-state index in [0.717, 1.165) is 18.1 Å². The van der Waals surface area contributed by atoms with Crippen molar-refractivity contribution in [1.29, 1.82) is 0 Å². The molecule has 3 atom stereocenters. The first-order valence-corrected chi connectivity index (χ1v) is 9.36. The number of carboxylic acid groups (broad SMARTS) is 1. The van der Waals surface area contributed by atoms with E-state index in [-0.39, 0.29) is 17.0 Å². The monoisotopic (exact) mass is 399 g/mol. The molecule has 2 fully saturated rings. The summed E-state index contributed by atoms with van der Waals surface area (Å²) in [6, 6.07) is 3.60. The van der Waals surface area contributed by atoms with Gasteiger partial charge in [0.2, 0.25) is 0 Å².